The highest BCUT2D eigenvalue weighted by atomic mass is 35.5. The van der Waals surface area contributed by atoms with Crippen molar-refractivity contribution in [1.29, 1.82) is 0 Å². The summed E-state index contributed by atoms with van der Waals surface area (Å²) in [5.41, 5.74) is 2.05. The summed E-state index contributed by atoms with van der Waals surface area (Å²) in [7, 11) is 1.81. The van der Waals surface area contributed by atoms with Gasteiger partial charge in [-0.2, -0.15) is 0 Å². The van der Waals surface area contributed by atoms with Gasteiger partial charge in [-0.25, -0.2) is 4.79 Å². The standard InChI is InChI=1S/C21H25ClN2O2/c1-23(21(25)26-16-17-7-3-2-4-8-17)20(15-24-13-5-6-14-24)18-9-11-19(22)12-10-18/h2-4,7-12,20H,5-6,13-16H2,1H3/t20-/m0/s1. The Morgan fingerprint density at radius 1 is 1.12 bits per heavy atom. The van der Waals surface area contributed by atoms with Crippen LogP contribution in [0.4, 0.5) is 4.79 Å². The van der Waals surface area contributed by atoms with E-state index in [0.717, 1.165) is 30.8 Å². The predicted octanol–water partition coefficient (Wildman–Crippen LogP) is 4.75. The Bertz CT molecular complexity index is 700. The number of hydrogen-bond donors (Lipinski definition) is 0. The molecule has 0 unspecified atom stereocenters. The summed E-state index contributed by atoms with van der Waals surface area (Å²) >= 11 is 6.03. The van der Waals surface area contributed by atoms with Gasteiger partial charge in [0.15, 0.2) is 0 Å². The van der Waals surface area contributed by atoms with Gasteiger partial charge in [0.1, 0.15) is 6.61 Å². The maximum atomic E-state index is 12.6. The lowest BCUT2D eigenvalue weighted by atomic mass is 10.1. The van der Waals surface area contributed by atoms with Gasteiger partial charge in [0, 0.05) is 18.6 Å². The molecule has 1 atom stereocenters. The minimum atomic E-state index is -0.312. The van der Waals surface area contributed by atoms with Gasteiger partial charge in [-0.3, -0.25) is 0 Å². The molecule has 0 N–H and O–H groups in total. The van der Waals surface area contributed by atoms with Crippen molar-refractivity contribution in [2.75, 3.05) is 26.7 Å². The fourth-order valence-corrected chi connectivity index (χ4v) is 3.42. The molecular weight excluding hydrogens is 348 g/mol. The Balaban J connectivity index is 1.69. The predicted molar refractivity (Wildman–Crippen MR) is 104 cm³/mol. The Morgan fingerprint density at radius 2 is 1.77 bits per heavy atom. The maximum Gasteiger partial charge on any atom is 0.410 e. The molecule has 4 nitrogen and oxygen atoms in total. The van der Waals surface area contributed by atoms with Crippen LogP contribution in [0, 0.1) is 0 Å². The minimum Gasteiger partial charge on any atom is -0.445 e. The summed E-state index contributed by atoms with van der Waals surface area (Å²) in [5.74, 6) is 0. The lowest BCUT2D eigenvalue weighted by Gasteiger charge is -2.31. The second-order valence-electron chi connectivity index (χ2n) is 6.73. The Labute approximate surface area is 160 Å². The Morgan fingerprint density at radius 3 is 2.42 bits per heavy atom. The SMILES string of the molecule is CN(C(=O)OCc1ccccc1)[C@@H](CN1CCCC1)c1ccc(Cl)cc1. The molecule has 0 spiro atoms. The zero-order chi connectivity index (χ0) is 18.4. The van der Waals surface area contributed by atoms with Crippen molar-refractivity contribution in [2.24, 2.45) is 0 Å². The molecular formula is C21H25ClN2O2. The van der Waals surface area contributed by atoms with Gasteiger partial charge in [0.2, 0.25) is 0 Å². The van der Waals surface area contributed by atoms with E-state index in [0.29, 0.717) is 5.02 Å². The van der Waals surface area contributed by atoms with E-state index in [2.05, 4.69) is 4.90 Å². The van der Waals surface area contributed by atoms with E-state index in [4.69, 9.17) is 16.3 Å². The molecule has 138 valence electrons. The van der Waals surface area contributed by atoms with E-state index in [1.165, 1.54) is 12.8 Å². The summed E-state index contributed by atoms with van der Waals surface area (Å²) < 4.78 is 5.52. The number of benzene rings is 2. The first kappa shape index (κ1) is 18.7. The van der Waals surface area contributed by atoms with Crippen molar-refractivity contribution >= 4 is 17.7 Å². The highest BCUT2D eigenvalue weighted by Crippen LogP contribution is 2.25. The molecule has 1 fully saturated rings. The van der Waals surface area contributed by atoms with Crippen LogP contribution < -0.4 is 0 Å². The number of hydrogen-bond acceptors (Lipinski definition) is 3. The van der Waals surface area contributed by atoms with E-state index in [9.17, 15) is 4.79 Å². The van der Waals surface area contributed by atoms with Crippen molar-refractivity contribution < 1.29 is 9.53 Å². The molecule has 1 amide bonds. The third kappa shape index (κ3) is 4.99. The molecule has 1 heterocycles. The number of rotatable bonds is 6. The normalized spacial score (nSPS) is 15.6. The summed E-state index contributed by atoms with van der Waals surface area (Å²) in [4.78, 5) is 16.7. The fraction of sp³-hybridized carbons (Fsp3) is 0.381. The Hall–Kier alpha value is -2.04. The quantitative estimate of drug-likeness (QED) is 0.733. The monoisotopic (exact) mass is 372 g/mol. The number of nitrogens with zero attached hydrogens (tertiary/aromatic N) is 2. The topological polar surface area (TPSA) is 32.8 Å². The minimum absolute atomic E-state index is 0.0614. The van der Waals surface area contributed by atoms with Gasteiger partial charge in [0.05, 0.1) is 6.04 Å². The van der Waals surface area contributed by atoms with Gasteiger partial charge < -0.3 is 14.5 Å². The second kappa shape index (κ2) is 9.06. The van der Waals surface area contributed by atoms with E-state index in [-0.39, 0.29) is 18.7 Å². The van der Waals surface area contributed by atoms with Gasteiger partial charge in [-0.1, -0.05) is 54.1 Å². The largest absolute Gasteiger partial charge is 0.445 e. The van der Waals surface area contributed by atoms with Crippen LogP contribution in [0.5, 0.6) is 0 Å². The zero-order valence-corrected chi connectivity index (χ0v) is 15.9. The smallest absolute Gasteiger partial charge is 0.410 e. The first-order chi connectivity index (χ1) is 12.6. The summed E-state index contributed by atoms with van der Waals surface area (Å²) in [5, 5.41) is 0.697. The third-order valence-corrected chi connectivity index (χ3v) is 5.10. The molecule has 1 saturated heterocycles. The van der Waals surface area contributed by atoms with E-state index < -0.39 is 0 Å². The third-order valence-electron chi connectivity index (χ3n) is 4.85. The highest BCUT2D eigenvalue weighted by Gasteiger charge is 2.26. The van der Waals surface area contributed by atoms with E-state index in [1.54, 1.807) is 4.90 Å². The summed E-state index contributed by atoms with van der Waals surface area (Å²) in [6, 6.07) is 17.4. The van der Waals surface area contributed by atoms with Crippen LogP contribution in [0.1, 0.15) is 30.0 Å². The van der Waals surface area contributed by atoms with Gasteiger partial charge in [-0.15, -0.1) is 0 Å². The van der Waals surface area contributed by atoms with Crippen molar-refractivity contribution in [3.05, 3.63) is 70.7 Å². The van der Waals surface area contributed by atoms with Gasteiger partial charge in [0.25, 0.3) is 0 Å². The van der Waals surface area contributed by atoms with Crippen LogP contribution >= 0.6 is 11.6 Å². The molecule has 2 aromatic rings. The number of carbonyl (C=O) groups is 1. The van der Waals surface area contributed by atoms with Crippen molar-refractivity contribution in [1.82, 2.24) is 9.80 Å². The number of carbonyl (C=O) groups excluding carboxylic acids is 1. The first-order valence-corrected chi connectivity index (χ1v) is 9.42. The van der Waals surface area contributed by atoms with Crippen LogP contribution in [0.15, 0.2) is 54.6 Å². The van der Waals surface area contributed by atoms with Crippen LogP contribution in [-0.2, 0) is 11.3 Å². The Kier molecular flexibility index (Phi) is 6.53. The molecule has 1 aliphatic rings. The average molecular weight is 373 g/mol. The molecule has 0 bridgehead atoms. The molecule has 0 radical (unpaired) electrons. The fourth-order valence-electron chi connectivity index (χ4n) is 3.29. The van der Waals surface area contributed by atoms with Crippen LogP contribution in [0.3, 0.4) is 0 Å². The second-order valence-corrected chi connectivity index (χ2v) is 7.16. The number of halogens is 1. The molecule has 1 aliphatic heterocycles. The van der Waals surface area contributed by atoms with Gasteiger partial charge in [-0.05, 0) is 49.2 Å². The maximum absolute atomic E-state index is 12.6. The highest BCUT2D eigenvalue weighted by molar-refractivity contribution is 6.30. The number of likely N-dealkylation sites (tertiary alicyclic amines) is 1. The van der Waals surface area contributed by atoms with E-state index in [1.807, 2.05) is 61.6 Å². The van der Waals surface area contributed by atoms with Crippen molar-refractivity contribution in [2.45, 2.75) is 25.5 Å². The van der Waals surface area contributed by atoms with Crippen molar-refractivity contribution in [3.8, 4) is 0 Å². The molecule has 0 aromatic heterocycles. The average Bonchev–Trinajstić information content (AvgIpc) is 3.18. The lowest BCUT2D eigenvalue weighted by molar-refractivity contribution is 0.0834. The number of amides is 1. The van der Waals surface area contributed by atoms with Gasteiger partial charge >= 0.3 is 6.09 Å². The molecule has 5 heteroatoms. The number of ether oxygens (including phenoxy) is 1. The lowest BCUT2D eigenvalue weighted by Crippen LogP contribution is -2.38. The molecule has 0 aliphatic carbocycles. The molecule has 26 heavy (non-hydrogen) atoms. The van der Waals surface area contributed by atoms with Crippen LogP contribution in [-0.4, -0.2) is 42.6 Å². The summed E-state index contributed by atoms with van der Waals surface area (Å²) in [6.45, 7) is 3.24. The number of likely N-dealkylation sites (N-methyl/N-ethyl adjacent to an activating group) is 1. The molecule has 3 rings (SSSR count). The molecule has 0 saturated carbocycles. The first-order valence-electron chi connectivity index (χ1n) is 9.05. The van der Waals surface area contributed by atoms with Crippen molar-refractivity contribution in [3.63, 3.8) is 0 Å². The van der Waals surface area contributed by atoms with Crippen LogP contribution in [0.2, 0.25) is 5.02 Å². The molecule has 2 aromatic carbocycles. The van der Waals surface area contributed by atoms with E-state index >= 15 is 0 Å². The van der Waals surface area contributed by atoms with Crippen LogP contribution in [0.25, 0.3) is 0 Å². The zero-order valence-electron chi connectivity index (χ0n) is 15.1. The summed E-state index contributed by atoms with van der Waals surface area (Å²) in [6.07, 6.45) is 2.12.